The molecule has 0 aromatic carbocycles. The van der Waals surface area contributed by atoms with E-state index in [-0.39, 0.29) is 5.91 Å². The maximum Gasteiger partial charge on any atom is 0.252 e. The zero-order chi connectivity index (χ0) is 14.2. The van der Waals surface area contributed by atoms with Crippen LogP contribution >= 0.6 is 0 Å². The third kappa shape index (κ3) is 2.38. The van der Waals surface area contributed by atoms with Gasteiger partial charge in [-0.25, -0.2) is 4.98 Å². The van der Waals surface area contributed by atoms with Crippen molar-refractivity contribution < 1.29 is 9.90 Å². The summed E-state index contributed by atoms with van der Waals surface area (Å²) in [7, 11) is 0. The van der Waals surface area contributed by atoms with Crippen LogP contribution in [-0.4, -0.2) is 38.3 Å². The number of H-pyrrole nitrogens is 1. The molecule has 0 aliphatic heterocycles. The van der Waals surface area contributed by atoms with E-state index in [0.717, 1.165) is 36.8 Å². The van der Waals surface area contributed by atoms with Crippen LogP contribution in [0.15, 0.2) is 12.3 Å². The number of hydrogen-bond donors (Lipinski definition) is 3. The highest BCUT2D eigenvalue weighted by molar-refractivity contribution is 5.97. The molecular weight excluding hydrogens is 256 g/mol. The quantitative estimate of drug-likeness (QED) is 0.786. The highest BCUT2D eigenvalue weighted by atomic mass is 16.3. The van der Waals surface area contributed by atoms with Crippen LogP contribution in [-0.2, 0) is 0 Å². The second kappa shape index (κ2) is 4.86. The van der Waals surface area contributed by atoms with Crippen LogP contribution in [0.4, 0.5) is 0 Å². The molecule has 1 saturated carbocycles. The van der Waals surface area contributed by atoms with Gasteiger partial charge in [-0.2, -0.15) is 5.10 Å². The number of pyridine rings is 1. The number of amides is 1. The van der Waals surface area contributed by atoms with Crippen molar-refractivity contribution in [3.8, 4) is 0 Å². The van der Waals surface area contributed by atoms with Crippen LogP contribution in [0.3, 0.4) is 0 Å². The van der Waals surface area contributed by atoms with Gasteiger partial charge in [0, 0.05) is 23.8 Å². The van der Waals surface area contributed by atoms with Crippen molar-refractivity contribution in [2.24, 2.45) is 0 Å². The third-order valence-electron chi connectivity index (χ3n) is 3.97. The van der Waals surface area contributed by atoms with Crippen molar-refractivity contribution in [1.29, 1.82) is 0 Å². The summed E-state index contributed by atoms with van der Waals surface area (Å²) in [4.78, 5) is 16.3. The molecule has 0 radical (unpaired) electrons. The molecule has 3 rings (SSSR count). The van der Waals surface area contributed by atoms with Gasteiger partial charge in [0.25, 0.3) is 5.91 Å². The van der Waals surface area contributed by atoms with Crippen LogP contribution in [0.2, 0.25) is 0 Å². The first-order valence-electron chi connectivity index (χ1n) is 6.89. The summed E-state index contributed by atoms with van der Waals surface area (Å²) in [6.45, 7) is 2.19. The van der Waals surface area contributed by atoms with Crippen molar-refractivity contribution in [2.45, 2.75) is 38.2 Å². The summed E-state index contributed by atoms with van der Waals surface area (Å²) in [6, 6.07) is 1.77. The van der Waals surface area contributed by atoms with Crippen LogP contribution in [0.5, 0.6) is 0 Å². The molecule has 2 heterocycles. The van der Waals surface area contributed by atoms with Crippen LogP contribution in [0.1, 0.15) is 41.7 Å². The van der Waals surface area contributed by atoms with Crippen molar-refractivity contribution in [3.05, 3.63) is 23.5 Å². The Morgan fingerprint density at radius 3 is 3.00 bits per heavy atom. The molecule has 2 aromatic heterocycles. The highest BCUT2D eigenvalue weighted by Crippen LogP contribution is 2.28. The number of hydrogen-bond acceptors (Lipinski definition) is 4. The number of fused-ring (bicyclic) bond motifs is 1. The normalized spacial score (nSPS) is 17.5. The molecule has 0 atom stereocenters. The average molecular weight is 274 g/mol. The molecule has 20 heavy (non-hydrogen) atoms. The lowest BCUT2D eigenvalue weighted by Crippen LogP contribution is -2.40. The average Bonchev–Trinajstić information content (AvgIpc) is 3.04. The third-order valence-corrected chi connectivity index (χ3v) is 3.97. The van der Waals surface area contributed by atoms with Crippen molar-refractivity contribution >= 4 is 16.9 Å². The Kier molecular flexibility index (Phi) is 3.17. The lowest BCUT2D eigenvalue weighted by molar-refractivity contribution is 0.0449. The van der Waals surface area contributed by atoms with Gasteiger partial charge in [-0.15, -0.1) is 0 Å². The maximum atomic E-state index is 12.1. The van der Waals surface area contributed by atoms with E-state index in [2.05, 4.69) is 20.5 Å². The lowest BCUT2D eigenvalue weighted by Gasteiger charge is -2.22. The van der Waals surface area contributed by atoms with Gasteiger partial charge < -0.3 is 10.4 Å². The Morgan fingerprint density at radius 2 is 2.25 bits per heavy atom. The SMILES string of the molecule is Cc1[nH]nc2ncc(C(=O)NCC3(O)CCCC3)cc12. The van der Waals surface area contributed by atoms with Gasteiger partial charge in [0.2, 0.25) is 0 Å². The molecule has 1 aliphatic rings. The Bertz CT molecular complexity index is 644. The van der Waals surface area contributed by atoms with Crippen molar-refractivity contribution in [1.82, 2.24) is 20.5 Å². The van der Waals surface area contributed by atoms with Crippen molar-refractivity contribution in [3.63, 3.8) is 0 Å². The van der Waals surface area contributed by atoms with E-state index in [1.165, 1.54) is 6.20 Å². The van der Waals surface area contributed by atoms with Gasteiger partial charge in [-0.05, 0) is 25.8 Å². The van der Waals surface area contributed by atoms with Crippen LogP contribution in [0.25, 0.3) is 11.0 Å². The van der Waals surface area contributed by atoms with Crippen LogP contribution in [0, 0.1) is 6.92 Å². The van der Waals surface area contributed by atoms with Gasteiger partial charge in [-0.3, -0.25) is 9.89 Å². The van der Waals surface area contributed by atoms with Gasteiger partial charge in [0.15, 0.2) is 5.65 Å². The largest absolute Gasteiger partial charge is 0.388 e. The number of aliphatic hydroxyl groups is 1. The summed E-state index contributed by atoms with van der Waals surface area (Å²) in [5, 5.41) is 20.7. The Labute approximate surface area is 116 Å². The molecule has 0 saturated heterocycles. The fourth-order valence-corrected chi connectivity index (χ4v) is 2.70. The summed E-state index contributed by atoms with van der Waals surface area (Å²) in [5.41, 5.74) is 1.24. The topological polar surface area (TPSA) is 90.9 Å². The molecule has 1 amide bonds. The first kappa shape index (κ1) is 13.1. The Morgan fingerprint density at radius 1 is 1.50 bits per heavy atom. The van der Waals surface area contributed by atoms with E-state index in [4.69, 9.17) is 0 Å². The molecule has 1 aliphatic carbocycles. The first-order chi connectivity index (χ1) is 9.57. The van der Waals surface area contributed by atoms with Gasteiger partial charge >= 0.3 is 0 Å². The van der Waals surface area contributed by atoms with Gasteiger partial charge in [-0.1, -0.05) is 12.8 Å². The lowest BCUT2D eigenvalue weighted by atomic mass is 10.0. The predicted molar refractivity (Wildman–Crippen MR) is 74.4 cm³/mol. The standard InChI is InChI=1S/C14H18N4O2/c1-9-11-6-10(7-15-12(11)18-17-9)13(19)16-8-14(20)4-2-3-5-14/h6-7,20H,2-5,8H2,1H3,(H,16,19)(H,15,17,18). The first-order valence-corrected chi connectivity index (χ1v) is 6.89. The zero-order valence-electron chi connectivity index (χ0n) is 11.4. The van der Waals surface area contributed by atoms with E-state index < -0.39 is 5.60 Å². The number of nitrogens with zero attached hydrogens (tertiary/aromatic N) is 2. The predicted octanol–water partition coefficient (Wildman–Crippen LogP) is 1.30. The summed E-state index contributed by atoms with van der Waals surface area (Å²) < 4.78 is 0. The van der Waals surface area contributed by atoms with E-state index in [0.29, 0.717) is 17.8 Å². The molecule has 1 fully saturated rings. The number of rotatable bonds is 3. The summed E-state index contributed by atoms with van der Waals surface area (Å²) in [5.74, 6) is -0.208. The summed E-state index contributed by atoms with van der Waals surface area (Å²) >= 11 is 0. The van der Waals surface area contributed by atoms with Crippen molar-refractivity contribution in [2.75, 3.05) is 6.54 Å². The number of aromatic nitrogens is 3. The van der Waals surface area contributed by atoms with E-state index >= 15 is 0 Å². The number of carbonyl (C=O) groups is 1. The molecule has 6 heteroatoms. The fraction of sp³-hybridized carbons (Fsp3) is 0.500. The molecule has 2 aromatic rings. The zero-order valence-corrected chi connectivity index (χ0v) is 11.4. The second-order valence-corrected chi connectivity index (χ2v) is 5.56. The highest BCUT2D eigenvalue weighted by Gasteiger charge is 2.31. The smallest absolute Gasteiger partial charge is 0.252 e. The summed E-state index contributed by atoms with van der Waals surface area (Å²) in [6.07, 6.45) is 5.07. The molecular formula is C14H18N4O2. The number of nitrogens with one attached hydrogen (secondary N) is 2. The Hall–Kier alpha value is -1.95. The van der Waals surface area contributed by atoms with E-state index in [1.54, 1.807) is 6.07 Å². The minimum absolute atomic E-state index is 0.208. The molecule has 0 spiro atoms. The number of carbonyl (C=O) groups excluding carboxylic acids is 1. The molecule has 0 unspecified atom stereocenters. The molecule has 0 bridgehead atoms. The monoisotopic (exact) mass is 274 g/mol. The number of aryl methyl sites for hydroxylation is 1. The fourth-order valence-electron chi connectivity index (χ4n) is 2.70. The molecule has 106 valence electrons. The van der Waals surface area contributed by atoms with Gasteiger partial charge in [0.05, 0.1) is 11.2 Å². The number of aromatic amines is 1. The van der Waals surface area contributed by atoms with Gasteiger partial charge in [0.1, 0.15) is 0 Å². The van der Waals surface area contributed by atoms with Crippen LogP contribution < -0.4 is 5.32 Å². The minimum atomic E-state index is -0.737. The molecule has 3 N–H and O–H groups in total. The maximum absolute atomic E-state index is 12.1. The van der Waals surface area contributed by atoms with E-state index in [1.807, 2.05) is 6.92 Å². The Balaban J connectivity index is 1.73. The minimum Gasteiger partial charge on any atom is -0.388 e. The second-order valence-electron chi connectivity index (χ2n) is 5.56. The molecule has 6 nitrogen and oxygen atoms in total. The van der Waals surface area contributed by atoms with E-state index in [9.17, 15) is 9.90 Å².